The van der Waals surface area contributed by atoms with E-state index < -0.39 is 13.9 Å². The predicted octanol–water partition coefficient (Wildman–Crippen LogP) is 4.54. The summed E-state index contributed by atoms with van der Waals surface area (Å²) in [6.07, 6.45) is 8.95. The lowest BCUT2D eigenvalue weighted by molar-refractivity contribution is -0.283. The normalized spacial score (nSPS) is 25.7. The maximum atomic E-state index is 10.5. The van der Waals surface area contributed by atoms with E-state index in [1.165, 1.54) is 25.7 Å². The van der Waals surface area contributed by atoms with E-state index in [1.807, 2.05) is 0 Å². The van der Waals surface area contributed by atoms with Crippen LogP contribution in [0.1, 0.15) is 58.3 Å². The van der Waals surface area contributed by atoms with E-state index >= 15 is 0 Å². The summed E-state index contributed by atoms with van der Waals surface area (Å²) in [5.41, 5.74) is 0. The molecule has 2 atom stereocenters. The number of hydrogen-bond donors (Lipinski definition) is 1. The van der Waals surface area contributed by atoms with Crippen LogP contribution in [0.25, 0.3) is 0 Å². The van der Waals surface area contributed by atoms with Crippen LogP contribution in [0, 0.1) is 0 Å². The molecule has 0 spiro atoms. The van der Waals surface area contributed by atoms with Gasteiger partial charge in [0.05, 0.1) is 6.10 Å². The van der Waals surface area contributed by atoms with Crippen LogP contribution in [0.15, 0.2) is 0 Å². The lowest BCUT2D eigenvalue weighted by atomic mass is 9.98. The molecule has 5 heteroatoms. The molecule has 0 aromatic rings. The second-order valence-electron chi connectivity index (χ2n) is 8.11. The molecule has 0 bridgehead atoms. The van der Waals surface area contributed by atoms with Gasteiger partial charge in [0.1, 0.15) is 13.4 Å². The fourth-order valence-corrected chi connectivity index (χ4v) is 3.60. The van der Waals surface area contributed by atoms with Gasteiger partial charge in [0.15, 0.2) is 5.79 Å². The molecule has 0 saturated carbocycles. The van der Waals surface area contributed by atoms with Gasteiger partial charge in [-0.3, -0.25) is 0 Å². The van der Waals surface area contributed by atoms with Crippen LogP contribution in [0.5, 0.6) is 0 Å². The first-order valence-corrected chi connectivity index (χ1v) is 13.1. The van der Waals surface area contributed by atoms with Crippen LogP contribution in [-0.2, 0) is 14.2 Å². The number of unbranched alkanes of at least 4 members (excludes halogenated alkanes) is 3. The summed E-state index contributed by atoms with van der Waals surface area (Å²) in [7, 11) is -1.05. The lowest BCUT2D eigenvalue weighted by Crippen LogP contribution is -2.44. The first kappa shape index (κ1) is 21.1. The molecule has 1 fully saturated rings. The highest BCUT2D eigenvalue weighted by Crippen LogP contribution is 2.29. The van der Waals surface area contributed by atoms with E-state index in [0.29, 0.717) is 6.42 Å². The zero-order chi connectivity index (χ0) is 17.2. The van der Waals surface area contributed by atoms with E-state index in [9.17, 15) is 5.11 Å². The van der Waals surface area contributed by atoms with Gasteiger partial charge in [0.2, 0.25) is 0 Å². The van der Waals surface area contributed by atoms with Crippen molar-refractivity contribution in [1.82, 2.24) is 0 Å². The Kier molecular flexibility index (Phi) is 9.93. The van der Waals surface area contributed by atoms with Crippen molar-refractivity contribution in [3.63, 3.8) is 0 Å². The van der Waals surface area contributed by atoms with Crippen LogP contribution in [0.2, 0.25) is 25.7 Å². The smallest absolute Gasteiger partial charge is 0.189 e. The zero-order valence-electron chi connectivity index (χ0n) is 15.7. The minimum atomic E-state index is -1.12. The molecule has 1 saturated heterocycles. The third-order valence-corrected chi connectivity index (χ3v) is 6.05. The van der Waals surface area contributed by atoms with Crippen molar-refractivity contribution in [2.45, 2.75) is 95.9 Å². The SMILES string of the molecule is CCCCCC[C@@H]1CCC[C@](O)(COCOCC[Si](C)(C)C)O1. The summed E-state index contributed by atoms with van der Waals surface area (Å²) in [5.74, 6) is -1.12. The number of ether oxygens (including phenoxy) is 3. The molecule has 23 heavy (non-hydrogen) atoms. The van der Waals surface area contributed by atoms with Gasteiger partial charge >= 0.3 is 0 Å². The summed E-state index contributed by atoms with van der Waals surface area (Å²) in [4.78, 5) is 0. The monoisotopic (exact) mass is 346 g/mol. The molecule has 0 amide bonds. The molecular formula is C18H38O4Si. The lowest BCUT2D eigenvalue weighted by Gasteiger charge is -2.37. The fourth-order valence-electron chi connectivity index (χ4n) is 2.84. The van der Waals surface area contributed by atoms with Gasteiger partial charge in [-0.05, 0) is 25.3 Å². The molecule has 4 nitrogen and oxygen atoms in total. The molecule has 0 aliphatic carbocycles. The van der Waals surface area contributed by atoms with Crippen molar-refractivity contribution in [3.8, 4) is 0 Å². The Morgan fingerprint density at radius 2 is 1.96 bits per heavy atom. The van der Waals surface area contributed by atoms with E-state index in [-0.39, 0.29) is 19.5 Å². The van der Waals surface area contributed by atoms with Gasteiger partial charge in [-0.1, -0.05) is 52.2 Å². The van der Waals surface area contributed by atoms with Gasteiger partial charge < -0.3 is 19.3 Å². The third kappa shape index (κ3) is 10.5. The van der Waals surface area contributed by atoms with Gasteiger partial charge in [-0.15, -0.1) is 0 Å². The largest absolute Gasteiger partial charge is 0.364 e. The van der Waals surface area contributed by atoms with Crippen molar-refractivity contribution in [1.29, 1.82) is 0 Å². The van der Waals surface area contributed by atoms with E-state index in [1.54, 1.807) is 0 Å². The molecule has 138 valence electrons. The quantitative estimate of drug-likeness (QED) is 0.320. The number of rotatable bonds is 12. The predicted molar refractivity (Wildman–Crippen MR) is 97.4 cm³/mol. The van der Waals surface area contributed by atoms with Crippen molar-refractivity contribution in [2.75, 3.05) is 20.0 Å². The summed E-state index contributed by atoms with van der Waals surface area (Å²) < 4.78 is 16.9. The van der Waals surface area contributed by atoms with Gasteiger partial charge in [-0.25, -0.2) is 0 Å². The fraction of sp³-hybridized carbons (Fsp3) is 1.00. The molecule has 0 radical (unpaired) electrons. The van der Waals surface area contributed by atoms with E-state index in [2.05, 4.69) is 26.6 Å². The van der Waals surface area contributed by atoms with Crippen molar-refractivity contribution < 1.29 is 19.3 Å². The Morgan fingerprint density at radius 1 is 1.17 bits per heavy atom. The molecule has 0 aromatic carbocycles. The van der Waals surface area contributed by atoms with Crippen LogP contribution < -0.4 is 0 Å². The van der Waals surface area contributed by atoms with E-state index in [4.69, 9.17) is 14.2 Å². The minimum Gasteiger partial charge on any atom is -0.364 e. The summed E-state index contributed by atoms with van der Waals surface area (Å²) in [6, 6.07) is 1.14. The molecular weight excluding hydrogens is 308 g/mol. The first-order chi connectivity index (χ1) is 10.8. The van der Waals surface area contributed by atoms with Crippen LogP contribution in [0.3, 0.4) is 0 Å². The summed E-state index contributed by atoms with van der Waals surface area (Å²) in [6.45, 7) is 10.4. The summed E-state index contributed by atoms with van der Waals surface area (Å²) >= 11 is 0. The summed E-state index contributed by atoms with van der Waals surface area (Å²) in [5, 5.41) is 10.5. The van der Waals surface area contributed by atoms with Gasteiger partial charge in [-0.2, -0.15) is 0 Å². The number of aliphatic hydroxyl groups is 1. The average Bonchev–Trinajstić information content (AvgIpc) is 2.46. The maximum absolute atomic E-state index is 10.5. The van der Waals surface area contributed by atoms with Crippen molar-refractivity contribution >= 4 is 8.07 Å². The highest BCUT2D eigenvalue weighted by Gasteiger charge is 2.35. The molecule has 0 unspecified atom stereocenters. The Balaban J connectivity index is 2.14. The zero-order valence-corrected chi connectivity index (χ0v) is 16.7. The van der Waals surface area contributed by atoms with Crippen molar-refractivity contribution in [2.24, 2.45) is 0 Å². The van der Waals surface area contributed by atoms with Gasteiger partial charge in [0.25, 0.3) is 0 Å². The third-order valence-electron chi connectivity index (χ3n) is 4.35. The Hall–Kier alpha value is 0.0569. The molecule has 0 aromatic heterocycles. The highest BCUT2D eigenvalue weighted by molar-refractivity contribution is 6.76. The Morgan fingerprint density at radius 3 is 2.65 bits per heavy atom. The molecule has 1 N–H and O–H groups in total. The minimum absolute atomic E-state index is 0.182. The Bertz CT molecular complexity index is 306. The molecule has 1 aliphatic heterocycles. The number of hydrogen-bond acceptors (Lipinski definition) is 4. The molecule has 1 aliphatic rings. The molecule has 1 rings (SSSR count). The Labute approximate surface area is 143 Å². The highest BCUT2D eigenvalue weighted by atomic mass is 28.3. The maximum Gasteiger partial charge on any atom is 0.189 e. The first-order valence-electron chi connectivity index (χ1n) is 9.40. The average molecular weight is 347 g/mol. The second kappa shape index (κ2) is 10.8. The standard InChI is InChI=1S/C18H38O4Si/c1-5-6-7-8-10-17-11-9-12-18(19,22-17)15-21-16-20-13-14-23(2,3)4/h17,19H,5-16H2,1-4H3/t17-,18-/m1/s1. The topological polar surface area (TPSA) is 47.9 Å². The van der Waals surface area contributed by atoms with Crippen LogP contribution in [-0.4, -0.2) is 45.1 Å². The second-order valence-corrected chi connectivity index (χ2v) is 13.7. The van der Waals surface area contributed by atoms with Gasteiger partial charge in [0, 0.05) is 21.1 Å². The van der Waals surface area contributed by atoms with E-state index in [0.717, 1.165) is 31.9 Å². The van der Waals surface area contributed by atoms with Crippen LogP contribution >= 0.6 is 0 Å². The van der Waals surface area contributed by atoms with Crippen LogP contribution in [0.4, 0.5) is 0 Å². The molecule has 1 heterocycles. The van der Waals surface area contributed by atoms with Crippen molar-refractivity contribution in [3.05, 3.63) is 0 Å².